The van der Waals surface area contributed by atoms with Crippen LogP contribution >= 0.6 is 0 Å². The molecule has 4 rings (SSSR count). The third-order valence-electron chi connectivity index (χ3n) is 5.67. The van der Waals surface area contributed by atoms with Gasteiger partial charge in [0.1, 0.15) is 11.6 Å². The molecule has 0 radical (unpaired) electrons. The maximum Gasteiger partial charge on any atom is 0.244 e. The smallest absolute Gasteiger partial charge is 0.244 e. The maximum absolute atomic E-state index is 13.7. The molecule has 164 valence electrons. The molecule has 1 aliphatic rings. The average molecular weight is 431 g/mol. The number of piperazine rings is 1. The van der Waals surface area contributed by atoms with Crippen molar-refractivity contribution < 1.29 is 9.18 Å². The van der Waals surface area contributed by atoms with Gasteiger partial charge in [0.25, 0.3) is 0 Å². The first-order valence-corrected chi connectivity index (χ1v) is 10.8. The summed E-state index contributed by atoms with van der Waals surface area (Å²) >= 11 is 0. The Balaban J connectivity index is 1.35. The number of carbonyl (C=O) groups is 1. The number of amides is 1. The second-order valence-corrected chi connectivity index (χ2v) is 7.84. The van der Waals surface area contributed by atoms with Crippen molar-refractivity contribution in [2.75, 3.05) is 36.0 Å². The van der Waals surface area contributed by atoms with Crippen LogP contribution in [0.2, 0.25) is 0 Å². The van der Waals surface area contributed by atoms with Crippen LogP contribution in [0.4, 0.5) is 15.9 Å². The topological polar surface area (TPSA) is 48.5 Å². The predicted octanol–water partition coefficient (Wildman–Crippen LogP) is 4.44. The van der Waals surface area contributed by atoms with Gasteiger partial charge in [0.15, 0.2) is 0 Å². The van der Waals surface area contributed by atoms with Crippen molar-refractivity contribution in [2.45, 2.75) is 13.0 Å². The van der Waals surface area contributed by atoms with E-state index in [1.807, 2.05) is 43.5 Å². The minimum atomic E-state index is -0.347. The predicted molar refractivity (Wildman–Crippen MR) is 127 cm³/mol. The first-order chi connectivity index (χ1) is 15.6. The summed E-state index contributed by atoms with van der Waals surface area (Å²) in [4.78, 5) is 21.4. The summed E-state index contributed by atoms with van der Waals surface area (Å²) in [5.41, 5.74) is 2.57. The molecule has 1 amide bonds. The highest BCUT2D eigenvalue weighted by atomic mass is 19.1. The van der Waals surface area contributed by atoms with Crippen molar-refractivity contribution in [1.29, 1.82) is 0 Å². The molecular formula is C26H27FN4O. The summed E-state index contributed by atoms with van der Waals surface area (Å²) in [5, 5.41) is 2.96. The summed E-state index contributed by atoms with van der Waals surface area (Å²) in [6.45, 7) is 5.59. The van der Waals surface area contributed by atoms with Crippen LogP contribution in [0.5, 0.6) is 0 Å². The Kier molecular flexibility index (Phi) is 6.80. The largest absolute Gasteiger partial charge is 0.368 e. The summed E-state index contributed by atoms with van der Waals surface area (Å²) in [7, 11) is 0. The number of aromatic nitrogens is 1. The molecule has 0 spiro atoms. The Morgan fingerprint density at radius 3 is 2.50 bits per heavy atom. The highest BCUT2D eigenvalue weighted by Gasteiger charge is 2.19. The van der Waals surface area contributed by atoms with Gasteiger partial charge < -0.3 is 15.1 Å². The molecule has 1 atom stereocenters. The van der Waals surface area contributed by atoms with Gasteiger partial charge in [0.05, 0.1) is 6.04 Å². The SMILES string of the molecule is C[C@H](NC(=O)/C=C/c1ccccc1F)c1cccc(N2CCN(c3ccccn3)CC2)c1. The zero-order valence-electron chi connectivity index (χ0n) is 18.1. The van der Waals surface area contributed by atoms with Gasteiger partial charge in [-0.1, -0.05) is 36.4 Å². The molecule has 32 heavy (non-hydrogen) atoms. The summed E-state index contributed by atoms with van der Waals surface area (Å²) in [5.74, 6) is 0.413. The van der Waals surface area contributed by atoms with Crippen LogP contribution in [0.3, 0.4) is 0 Å². The number of nitrogens with zero attached hydrogens (tertiary/aromatic N) is 3. The number of pyridine rings is 1. The lowest BCUT2D eigenvalue weighted by molar-refractivity contribution is -0.117. The normalized spacial score (nSPS) is 15.1. The van der Waals surface area contributed by atoms with Gasteiger partial charge >= 0.3 is 0 Å². The molecule has 1 fully saturated rings. The lowest BCUT2D eigenvalue weighted by atomic mass is 10.1. The molecule has 2 heterocycles. The molecule has 1 aliphatic heterocycles. The molecule has 1 aromatic heterocycles. The molecule has 0 saturated carbocycles. The first-order valence-electron chi connectivity index (χ1n) is 10.8. The van der Waals surface area contributed by atoms with Crippen LogP contribution < -0.4 is 15.1 Å². The van der Waals surface area contributed by atoms with Crippen LogP contribution in [0.25, 0.3) is 6.08 Å². The van der Waals surface area contributed by atoms with Crippen molar-refractivity contribution >= 4 is 23.5 Å². The molecule has 3 aromatic rings. The fourth-order valence-electron chi connectivity index (χ4n) is 3.85. The standard InChI is InChI=1S/C26H27FN4O/c1-20(29-26(32)13-12-21-7-2-3-10-24(21)27)22-8-6-9-23(19-22)30-15-17-31(18-16-30)25-11-4-5-14-28-25/h2-14,19-20H,15-18H2,1H3,(H,29,32)/b13-12+/t20-/m0/s1. The van der Waals surface area contributed by atoms with Crippen molar-refractivity contribution in [1.82, 2.24) is 10.3 Å². The Hall–Kier alpha value is -3.67. The van der Waals surface area contributed by atoms with Crippen LogP contribution in [0.15, 0.2) is 79.0 Å². The van der Waals surface area contributed by atoms with Gasteiger partial charge in [0.2, 0.25) is 5.91 Å². The molecule has 0 unspecified atom stereocenters. The third-order valence-corrected chi connectivity index (χ3v) is 5.67. The Labute approximate surface area is 188 Å². The summed E-state index contributed by atoms with van der Waals surface area (Å²) in [6.07, 6.45) is 4.69. The molecule has 6 heteroatoms. The second-order valence-electron chi connectivity index (χ2n) is 7.84. The third kappa shape index (κ3) is 5.32. The number of hydrogen-bond acceptors (Lipinski definition) is 4. The van der Waals surface area contributed by atoms with Crippen LogP contribution in [-0.4, -0.2) is 37.1 Å². The second kappa shape index (κ2) is 10.1. The van der Waals surface area contributed by atoms with Gasteiger partial charge in [0, 0.05) is 49.7 Å². The lowest BCUT2D eigenvalue weighted by Crippen LogP contribution is -2.46. The molecule has 5 nitrogen and oxygen atoms in total. The zero-order chi connectivity index (χ0) is 22.3. The van der Waals surface area contributed by atoms with Crippen LogP contribution in [0, 0.1) is 5.82 Å². The van der Waals surface area contributed by atoms with Crippen LogP contribution in [-0.2, 0) is 4.79 Å². The van der Waals surface area contributed by atoms with Crippen molar-refractivity contribution in [3.05, 3.63) is 95.9 Å². The van der Waals surface area contributed by atoms with Gasteiger partial charge in [-0.15, -0.1) is 0 Å². The summed E-state index contributed by atoms with van der Waals surface area (Å²) < 4.78 is 13.7. The number of nitrogens with one attached hydrogen (secondary N) is 1. The van der Waals surface area contributed by atoms with Gasteiger partial charge in [-0.2, -0.15) is 0 Å². The van der Waals surface area contributed by atoms with E-state index in [1.54, 1.807) is 18.2 Å². The molecule has 1 N–H and O–H groups in total. The highest BCUT2D eigenvalue weighted by molar-refractivity contribution is 5.92. The zero-order valence-corrected chi connectivity index (χ0v) is 18.1. The highest BCUT2D eigenvalue weighted by Crippen LogP contribution is 2.23. The van der Waals surface area contributed by atoms with Crippen LogP contribution in [0.1, 0.15) is 24.1 Å². The number of rotatable bonds is 6. The van der Waals surface area contributed by atoms with E-state index in [9.17, 15) is 9.18 Å². The number of halogens is 1. The minimum Gasteiger partial charge on any atom is -0.368 e. The van der Waals surface area contributed by atoms with E-state index in [0.29, 0.717) is 5.56 Å². The van der Waals surface area contributed by atoms with E-state index in [1.165, 1.54) is 18.2 Å². The maximum atomic E-state index is 13.7. The Morgan fingerprint density at radius 2 is 1.75 bits per heavy atom. The number of benzene rings is 2. The molecular weight excluding hydrogens is 403 g/mol. The van der Waals surface area contributed by atoms with Gasteiger partial charge in [-0.05, 0) is 48.9 Å². The van der Waals surface area contributed by atoms with E-state index in [4.69, 9.17) is 0 Å². The molecule has 0 bridgehead atoms. The Bertz CT molecular complexity index is 1080. The number of hydrogen-bond donors (Lipinski definition) is 1. The molecule has 2 aromatic carbocycles. The molecule has 1 saturated heterocycles. The van der Waals surface area contributed by atoms with Gasteiger partial charge in [-0.3, -0.25) is 4.79 Å². The quantitative estimate of drug-likeness (QED) is 0.588. The summed E-state index contributed by atoms with van der Waals surface area (Å²) in [6, 6.07) is 20.5. The molecule has 0 aliphatic carbocycles. The fourth-order valence-corrected chi connectivity index (χ4v) is 3.85. The van der Waals surface area contributed by atoms with Gasteiger partial charge in [-0.25, -0.2) is 9.37 Å². The van der Waals surface area contributed by atoms with Crippen molar-refractivity contribution in [3.8, 4) is 0 Å². The van der Waals surface area contributed by atoms with E-state index >= 15 is 0 Å². The monoisotopic (exact) mass is 430 g/mol. The Morgan fingerprint density at radius 1 is 1.00 bits per heavy atom. The van der Waals surface area contributed by atoms with Crippen molar-refractivity contribution in [3.63, 3.8) is 0 Å². The van der Waals surface area contributed by atoms with E-state index in [0.717, 1.165) is 43.2 Å². The van der Waals surface area contributed by atoms with Crippen molar-refractivity contribution in [2.24, 2.45) is 0 Å². The average Bonchev–Trinajstić information content (AvgIpc) is 2.84. The van der Waals surface area contributed by atoms with E-state index in [-0.39, 0.29) is 17.8 Å². The van der Waals surface area contributed by atoms with E-state index in [2.05, 4.69) is 32.2 Å². The number of carbonyl (C=O) groups excluding carboxylic acids is 1. The first kappa shape index (κ1) is 21.6. The lowest BCUT2D eigenvalue weighted by Gasteiger charge is -2.37. The minimum absolute atomic E-state index is 0.164. The fraction of sp³-hybridized carbons (Fsp3) is 0.231. The van der Waals surface area contributed by atoms with E-state index < -0.39 is 0 Å². The number of anilines is 2.